The lowest BCUT2D eigenvalue weighted by atomic mass is 9.86. The van der Waals surface area contributed by atoms with Crippen LogP contribution < -0.4 is 10.6 Å². The summed E-state index contributed by atoms with van der Waals surface area (Å²) in [5.74, 6) is -0.573. The van der Waals surface area contributed by atoms with E-state index in [2.05, 4.69) is 54.5 Å². The Morgan fingerprint density at radius 3 is 1.05 bits per heavy atom. The Kier molecular flexibility index (Phi) is 15.3. The Hall–Kier alpha value is -5.28. The van der Waals surface area contributed by atoms with Crippen molar-refractivity contribution in [1.82, 2.24) is 40.0 Å². The lowest BCUT2D eigenvalue weighted by Gasteiger charge is -2.36. The van der Waals surface area contributed by atoms with Gasteiger partial charge in [-0.25, -0.2) is 0 Å². The molecule has 2 N–H and O–H groups in total. The second kappa shape index (κ2) is 21.6. The molecule has 0 saturated carbocycles. The molecule has 2 aliphatic carbocycles. The summed E-state index contributed by atoms with van der Waals surface area (Å²) in [6, 6.07) is 6.59. The number of nitrogens with one attached hydrogen (secondary N) is 2. The molecule has 2 aromatic carbocycles. The van der Waals surface area contributed by atoms with Crippen molar-refractivity contribution in [3.63, 3.8) is 0 Å². The summed E-state index contributed by atoms with van der Waals surface area (Å²) < 4.78 is 0. The maximum Gasteiger partial charge on any atom is 0.261 e. The summed E-state index contributed by atoms with van der Waals surface area (Å²) in [7, 11) is 0. The van der Waals surface area contributed by atoms with Crippen molar-refractivity contribution in [2.75, 3.05) is 105 Å². The highest BCUT2D eigenvalue weighted by atomic mass is 16.2. The lowest BCUT2D eigenvalue weighted by molar-refractivity contribution is -0.122. The van der Waals surface area contributed by atoms with Gasteiger partial charge < -0.3 is 30.2 Å². The molecule has 4 aliphatic heterocycles. The van der Waals surface area contributed by atoms with Gasteiger partial charge in [0.05, 0.1) is 0 Å². The van der Waals surface area contributed by atoms with Gasteiger partial charge in [-0.05, 0) is 101 Å². The van der Waals surface area contributed by atoms with E-state index in [1.807, 2.05) is 24.3 Å². The van der Waals surface area contributed by atoms with Crippen LogP contribution in [0.1, 0.15) is 92.8 Å². The van der Waals surface area contributed by atoms with E-state index in [1.54, 1.807) is 24.3 Å². The van der Waals surface area contributed by atoms with Crippen LogP contribution in [0.5, 0.6) is 0 Å². The molecule has 6 aliphatic rings. The number of benzene rings is 2. The fourth-order valence-corrected chi connectivity index (χ4v) is 9.93. The van der Waals surface area contributed by atoms with Crippen LogP contribution >= 0.6 is 0 Å². The molecule has 0 atom stereocenters. The number of carbonyl (C=O) groups is 6. The van der Waals surface area contributed by atoms with E-state index in [9.17, 15) is 28.8 Å². The highest BCUT2D eigenvalue weighted by molar-refractivity contribution is 6.33. The Labute approximate surface area is 377 Å². The number of piperazine rings is 2. The van der Waals surface area contributed by atoms with Gasteiger partial charge in [-0.1, -0.05) is 48.6 Å². The van der Waals surface area contributed by atoms with E-state index >= 15 is 0 Å². The summed E-state index contributed by atoms with van der Waals surface area (Å²) in [6.07, 6.45) is 22.5. The molecule has 340 valence electrons. The van der Waals surface area contributed by atoms with Crippen molar-refractivity contribution in [1.29, 1.82) is 0 Å². The van der Waals surface area contributed by atoms with E-state index in [1.165, 1.54) is 9.80 Å². The molecular weight excluding hydrogens is 809 g/mol. The average molecular weight is 873 g/mol. The highest BCUT2D eigenvalue weighted by Gasteiger charge is 2.39. The molecule has 14 heteroatoms. The van der Waals surface area contributed by atoms with Gasteiger partial charge in [0, 0.05) is 124 Å². The summed E-state index contributed by atoms with van der Waals surface area (Å²) in [6.45, 7) is 12.7. The number of amides is 6. The van der Waals surface area contributed by atoms with Gasteiger partial charge in [-0.2, -0.15) is 0 Å². The predicted octanol–water partition coefficient (Wildman–Crippen LogP) is 4.10. The van der Waals surface area contributed by atoms with Crippen LogP contribution in [0.15, 0.2) is 72.9 Å². The zero-order chi connectivity index (χ0) is 44.4. The van der Waals surface area contributed by atoms with Gasteiger partial charge in [-0.15, -0.1) is 0 Å². The van der Waals surface area contributed by atoms with E-state index in [-0.39, 0.29) is 48.5 Å². The third-order valence-electron chi connectivity index (χ3n) is 13.7. The van der Waals surface area contributed by atoms with E-state index in [0.29, 0.717) is 83.6 Å². The third-order valence-corrected chi connectivity index (χ3v) is 13.7. The Balaban J connectivity index is 0.738. The van der Waals surface area contributed by atoms with E-state index < -0.39 is 0 Å². The smallest absolute Gasteiger partial charge is 0.261 e. The fourth-order valence-electron chi connectivity index (χ4n) is 9.93. The monoisotopic (exact) mass is 872 g/mol. The summed E-state index contributed by atoms with van der Waals surface area (Å²) in [4.78, 5) is 92.1. The standard InChI is InChI=1S/C50H64N8O6/c59-43(19-13-37-9-1-2-10-37)51-21-5-23-53-29-33-55(34-30-53)25-7-27-57-47(61)39-15-17-41-46-42(18-16-40(45(39)46)48(57)62)50(64)58(49(41)63)28-8-26-56-35-31-54(32-36-56)24-6-22-52-44(60)20-14-38-11-3-4-12-38/h1-4,9-12,15-18,37-38H,5-8,13-14,19-36H2,(H,51,59)(H,52,60). The topological polar surface area (TPSA) is 146 Å². The van der Waals surface area contributed by atoms with E-state index in [4.69, 9.17) is 0 Å². The number of rotatable bonds is 22. The lowest BCUT2D eigenvalue weighted by Crippen LogP contribution is -2.48. The van der Waals surface area contributed by atoms with Crippen LogP contribution in [0.2, 0.25) is 0 Å². The quantitative estimate of drug-likeness (QED) is 0.131. The molecule has 6 amide bonds. The number of hydrogen-bond acceptors (Lipinski definition) is 10. The zero-order valence-corrected chi connectivity index (χ0v) is 37.2. The molecule has 0 spiro atoms. The fraction of sp³-hybridized carbons (Fsp3) is 0.520. The van der Waals surface area contributed by atoms with Crippen molar-refractivity contribution in [3.05, 3.63) is 95.1 Å². The summed E-state index contributed by atoms with van der Waals surface area (Å²) >= 11 is 0. The minimum absolute atomic E-state index is 0.113. The van der Waals surface area contributed by atoms with Crippen LogP contribution in [0.3, 0.4) is 0 Å². The first-order valence-corrected chi connectivity index (χ1v) is 23.7. The molecule has 0 radical (unpaired) electrons. The molecule has 4 heterocycles. The molecule has 64 heavy (non-hydrogen) atoms. The SMILES string of the molecule is O=C(CCC1C=CC=C1)NCCCN1CCN(CCCN2C(=O)c3ccc4c5c(ccc(c35)C2=O)C(=O)N(CCCN2CCN(CCCNC(=O)CCC3C=CC=C3)CC2)C4=O)CC1. The van der Waals surface area contributed by atoms with Gasteiger partial charge in [0.1, 0.15) is 0 Å². The van der Waals surface area contributed by atoms with Gasteiger partial charge in [0.2, 0.25) is 11.8 Å². The Bertz CT molecular complexity index is 1950. The van der Waals surface area contributed by atoms with Crippen molar-refractivity contribution in [2.45, 2.75) is 51.4 Å². The molecular formula is C50H64N8O6. The number of imide groups is 2. The van der Waals surface area contributed by atoms with Crippen molar-refractivity contribution >= 4 is 46.2 Å². The van der Waals surface area contributed by atoms with Gasteiger partial charge >= 0.3 is 0 Å². The second-order valence-electron chi connectivity index (χ2n) is 18.0. The van der Waals surface area contributed by atoms with Crippen molar-refractivity contribution in [2.24, 2.45) is 11.8 Å². The first kappa shape index (κ1) is 45.3. The molecule has 0 unspecified atom stereocenters. The third kappa shape index (κ3) is 11.0. The number of allylic oxidation sites excluding steroid dienone is 8. The Morgan fingerprint density at radius 2 is 0.734 bits per heavy atom. The second-order valence-corrected chi connectivity index (χ2v) is 18.0. The normalized spacial score (nSPS) is 19.6. The number of hydrogen-bond donors (Lipinski definition) is 2. The molecule has 8 rings (SSSR count). The minimum Gasteiger partial charge on any atom is -0.356 e. The average Bonchev–Trinajstić information content (AvgIpc) is 4.05. The van der Waals surface area contributed by atoms with Crippen molar-refractivity contribution in [3.8, 4) is 0 Å². The molecule has 0 aromatic heterocycles. The van der Waals surface area contributed by atoms with Crippen LogP contribution in [-0.2, 0) is 9.59 Å². The largest absolute Gasteiger partial charge is 0.356 e. The highest BCUT2D eigenvalue weighted by Crippen LogP contribution is 2.38. The zero-order valence-electron chi connectivity index (χ0n) is 37.2. The number of nitrogens with zero attached hydrogens (tertiary/aromatic N) is 6. The maximum absolute atomic E-state index is 13.9. The van der Waals surface area contributed by atoms with E-state index in [0.717, 1.165) is 104 Å². The predicted molar refractivity (Wildman–Crippen MR) is 247 cm³/mol. The number of carbonyl (C=O) groups excluding carboxylic acids is 6. The molecule has 14 nitrogen and oxygen atoms in total. The first-order valence-electron chi connectivity index (χ1n) is 23.7. The van der Waals surface area contributed by atoms with Gasteiger partial charge in [-0.3, -0.25) is 38.6 Å². The molecule has 2 aromatic rings. The van der Waals surface area contributed by atoms with Crippen LogP contribution in [0.4, 0.5) is 0 Å². The molecule has 2 saturated heterocycles. The van der Waals surface area contributed by atoms with Crippen LogP contribution in [0, 0.1) is 11.8 Å². The van der Waals surface area contributed by atoms with Crippen LogP contribution in [0.25, 0.3) is 10.8 Å². The summed E-state index contributed by atoms with van der Waals surface area (Å²) in [5, 5.41) is 6.93. The first-order chi connectivity index (χ1) is 31.2. The maximum atomic E-state index is 13.9. The van der Waals surface area contributed by atoms with Gasteiger partial charge in [0.25, 0.3) is 23.6 Å². The molecule has 0 bridgehead atoms. The van der Waals surface area contributed by atoms with Crippen LogP contribution in [-0.4, -0.2) is 170 Å². The molecule has 2 fully saturated rings. The Morgan fingerprint density at radius 1 is 0.438 bits per heavy atom. The summed E-state index contributed by atoms with van der Waals surface area (Å²) in [5.41, 5.74) is 1.41. The minimum atomic E-state index is -0.389. The van der Waals surface area contributed by atoms with Crippen molar-refractivity contribution < 1.29 is 28.8 Å². The van der Waals surface area contributed by atoms with Gasteiger partial charge in [0.15, 0.2) is 0 Å².